The average molecular weight is 301 g/mol. The highest BCUT2D eigenvalue weighted by atomic mass is 19.3. The van der Waals surface area contributed by atoms with Gasteiger partial charge in [-0.1, -0.05) is 18.2 Å². The van der Waals surface area contributed by atoms with Crippen LogP contribution in [0.2, 0.25) is 0 Å². The maximum atomic E-state index is 12.3. The monoisotopic (exact) mass is 301 g/mol. The number of halogens is 2. The van der Waals surface area contributed by atoms with Crippen LogP contribution in [0, 0.1) is 0 Å². The number of carbonyl (C=O) groups is 2. The summed E-state index contributed by atoms with van der Waals surface area (Å²) in [7, 11) is 0. The van der Waals surface area contributed by atoms with Gasteiger partial charge in [0.2, 0.25) is 0 Å². The molecule has 0 fully saturated rings. The number of hydrogen-bond donors (Lipinski definition) is 1. The molecule has 1 rings (SSSR count). The number of carbonyl (C=O) groups excluding carboxylic acids is 2. The number of alkyl carbamates (subject to hydrolysis) is 1. The van der Waals surface area contributed by atoms with Crippen molar-refractivity contribution in [2.45, 2.75) is 39.0 Å². The number of rotatable bonds is 5. The largest absolute Gasteiger partial charge is 0.444 e. The number of ether oxygens (including phenoxy) is 2. The van der Waals surface area contributed by atoms with Gasteiger partial charge in [-0.25, -0.2) is 4.79 Å². The predicted octanol–water partition coefficient (Wildman–Crippen LogP) is 3.05. The molecule has 0 saturated heterocycles. The Morgan fingerprint density at radius 2 is 1.90 bits per heavy atom. The normalized spacial score (nSPS) is 12.7. The number of hydrogen-bond acceptors (Lipinski definition) is 4. The molecule has 0 heterocycles. The van der Waals surface area contributed by atoms with Crippen molar-refractivity contribution in [2.75, 3.05) is 0 Å². The molecule has 1 aromatic carbocycles. The molecule has 1 aromatic rings. The van der Waals surface area contributed by atoms with Crippen LogP contribution in [-0.2, 0) is 9.53 Å². The van der Waals surface area contributed by atoms with Crippen LogP contribution >= 0.6 is 0 Å². The summed E-state index contributed by atoms with van der Waals surface area (Å²) in [5, 5.41) is 2.30. The van der Waals surface area contributed by atoms with Crippen molar-refractivity contribution in [1.29, 1.82) is 0 Å². The zero-order chi connectivity index (χ0) is 16.0. The van der Waals surface area contributed by atoms with Crippen molar-refractivity contribution in [3.8, 4) is 5.75 Å². The lowest BCUT2D eigenvalue weighted by atomic mass is 10.1. The van der Waals surface area contributed by atoms with Crippen LogP contribution in [0.5, 0.6) is 5.75 Å². The molecule has 0 spiro atoms. The van der Waals surface area contributed by atoms with Gasteiger partial charge in [-0.2, -0.15) is 8.78 Å². The van der Waals surface area contributed by atoms with E-state index in [1.165, 1.54) is 18.2 Å². The third-order valence-electron chi connectivity index (χ3n) is 2.28. The van der Waals surface area contributed by atoms with Crippen molar-refractivity contribution in [1.82, 2.24) is 5.32 Å². The van der Waals surface area contributed by atoms with Gasteiger partial charge in [-0.15, -0.1) is 0 Å². The Morgan fingerprint density at radius 3 is 2.43 bits per heavy atom. The minimum Gasteiger partial charge on any atom is -0.444 e. The second kappa shape index (κ2) is 7.01. The molecular weight excluding hydrogens is 284 g/mol. The molecule has 1 amide bonds. The molecule has 1 atom stereocenters. The summed E-state index contributed by atoms with van der Waals surface area (Å²) in [6, 6.07) is 4.58. The van der Waals surface area contributed by atoms with E-state index in [-0.39, 0.29) is 11.3 Å². The lowest BCUT2D eigenvalue weighted by Crippen LogP contribution is -2.35. The SMILES string of the molecule is CC(C)(C)OC(=O)NC(C=O)c1ccccc1OC(F)F. The molecule has 0 aliphatic rings. The third kappa shape index (κ3) is 5.76. The number of aldehydes is 1. The summed E-state index contributed by atoms with van der Waals surface area (Å²) in [5.74, 6) is -0.180. The van der Waals surface area contributed by atoms with E-state index in [1.54, 1.807) is 26.8 Å². The van der Waals surface area contributed by atoms with E-state index in [9.17, 15) is 18.4 Å². The van der Waals surface area contributed by atoms with Crippen LogP contribution in [0.3, 0.4) is 0 Å². The summed E-state index contributed by atoms with van der Waals surface area (Å²) >= 11 is 0. The highest BCUT2D eigenvalue weighted by Gasteiger charge is 2.23. The molecule has 0 saturated carbocycles. The van der Waals surface area contributed by atoms with Gasteiger partial charge in [-0.3, -0.25) is 0 Å². The van der Waals surface area contributed by atoms with Gasteiger partial charge in [0, 0.05) is 5.56 Å². The Hall–Kier alpha value is -2.18. The van der Waals surface area contributed by atoms with Crippen molar-refractivity contribution < 1.29 is 27.8 Å². The summed E-state index contributed by atoms with van der Waals surface area (Å²) in [4.78, 5) is 22.8. The highest BCUT2D eigenvalue weighted by Crippen LogP contribution is 2.25. The van der Waals surface area contributed by atoms with Crippen molar-refractivity contribution in [2.24, 2.45) is 0 Å². The van der Waals surface area contributed by atoms with Crippen molar-refractivity contribution >= 4 is 12.4 Å². The fraction of sp³-hybridized carbons (Fsp3) is 0.429. The number of para-hydroxylation sites is 1. The van der Waals surface area contributed by atoms with E-state index in [0.717, 1.165) is 0 Å². The Labute approximate surface area is 121 Å². The predicted molar refractivity (Wildman–Crippen MR) is 71.2 cm³/mol. The van der Waals surface area contributed by atoms with E-state index in [0.29, 0.717) is 6.29 Å². The van der Waals surface area contributed by atoms with E-state index in [4.69, 9.17) is 4.74 Å². The first-order chi connectivity index (χ1) is 9.73. The van der Waals surface area contributed by atoms with Gasteiger partial charge in [0.15, 0.2) is 0 Å². The van der Waals surface area contributed by atoms with E-state index >= 15 is 0 Å². The van der Waals surface area contributed by atoms with Crippen LogP contribution in [0.15, 0.2) is 24.3 Å². The van der Waals surface area contributed by atoms with Crippen LogP contribution < -0.4 is 10.1 Å². The quantitative estimate of drug-likeness (QED) is 0.849. The maximum Gasteiger partial charge on any atom is 0.408 e. The molecule has 21 heavy (non-hydrogen) atoms. The summed E-state index contributed by atoms with van der Waals surface area (Å²) in [5.41, 5.74) is -0.616. The third-order valence-corrected chi connectivity index (χ3v) is 2.28. The number of amides is 1. The van der Waals surface area contributed by atoms with E-state index in [2.05, 4.69) is 10.1 Å². The van der Waals surface area contributed by atoms with Gasteiger partial charge in [0.05, 0.1) is 0 Å². The topological polar surface area (TPSA) is 64.6 Å². The van der Waals surface area contributed by atoms with Crippen LogP contribution in [-0.4, -0.2) is 24.6 Å². The van der Waals surface area contributed by atoms with Crippen LogP contribution in [0.4, 0.5) is 13.6 Å². The minimum absolute atomic E-state index is 0.124. The van der Waals surface area contributed by atoms with Gasteiger partial charge >= 0.3 is 12.7 Å². The van der Waals surface area contributed by atoms with Crippen molar-refractivity contribution in [3.63, 3.8) is 0 Å². The smallest absolute Gasteiger partial charge is 0.408 e. The number of alkyl halides is 2. The highest BCUT2D eigenvalue weighted by molar-refractivity contribution is 5.75. The van der Waals surface area contributed by atoms with E-state index in [1.807, 2.05) is 0 Å². The first-order valence-electron chi connectivity index (χ1n) is 6.21. The Bertz CT molecular complexity index is 500. The molecule has 0 aliphatic carbocycles. The second-order valence-corrected chi connectivity index (χ2v) is 5.18. The van der Waals surface area contributed by atoms with Crippen LogP contribution in [0.25, 0.3) is 0 Å². The number of nitrogens with one attached hydrogen (secondary N) is 1. The molecule has 1 N–H and O–H groups in total. The summed E-state index contributed by atoms with van der Waals surface area (Å²) < 4.78 is 34.0. The fourth-order valence-corrected chi connectivity index (χ4v) is 1.56. The zero-order valence-corrected chi connectivity index (χ0v) is 11.9. The standard InChI is InChI=1S/C14H17F2NO4/c1-14(2,3)21-13(19)17-10(8-18)9-6-4-5-7-11(9)20-12(15)16/h4-8,10,12H,1-3H3,(H,17,19). The lowest BCUT2D eigenvalue weighted by Gasteiger charge is -2.22. The Morgan fingerprint density at radius 1 is 1.29 bits per heavy atom. The summed E-state index contributed by atoms with van der Waals surface area (Å²) in [6.45, 7) is 1.96. The molecule has 0 radical (unpaired) electrons. The van der Waals surface area contributed by atoms with Gasteiger partial charge in [-0.05, 0) is 26.8 Å². The second-order valence-electron chi connectivity index (χ2n) is 5.18. The molecule has 1 unspecified atom stereocenters. The molecule has 116 valence electrons. The Balaban J connectivity index is 2.90. The molecule has 7 heteroatoms. The first-order valence-corrected chi connectivity index (χ1v) is 6.21. The Kier molecular flexibility index (Phi) is 5.63. The lowest BCUT2D eigenvalue weighted by molar-refractivity contribution is -0.110. The average Bonchev–Trinajstić information content (AvgIpc) is 2.34. The molecule has 0 bridgehead atoms. The first kappa shape index (κ1) is 16.9. The fourth-order valence-electron chi connectivity index (χ4n) is 1.56. The zero-order valence-electron chi connectivity index (χ0n) is 11.9. The number of benzene rings is 1. The van der Waals surface area contributed by atoms with E-state index < -0.39 is 24.3 Å². The van der Waals surface area contributed by atoms with Gasteiger partial charge in [0.25, 0.3) is 0 Å². The minimum atomic E-state index is -3.03. The van der Waals surface area contributed by atoms with Crippen LogP contribution in [0.1, 0.15) is 32.4 Å². The van der Waals surface area contributed by atoms with Crippen molar-refractivity contribution in [3.05, 3.63) is 29.8 Å². The molecule has 0 aromatic heterocycles. The van der Waals surface area contributed by atoms with Gasteiger partial charge in [0.1, 0.15) is 23.7 Å². The molecular formula is C14H17F2NO4. The van der Waals surface area contributed by atoms with Gasteiger partial charge < -0.3 is 19.6 Å². The molecule has 0 aliphatic heterocycles. The molecule has 5 nitrogen and oxygen atoms in total. The maximum absolute atomic E-state index is 12.3. The summed E-state index contributed by atoms with van der Waals surface area (Å²) in [6.07, 6.45) is -0.413.